The van der Waals surface area contributed by atoms with Crippen LogP contribution in [0.2, 0.25) is 5.02 Å². The molecule has 0 aliphatic heterocycles. The Bertz CT molecular complexity index is 935. The molecule has 2 aromatic rings. The highest BCUT2D eigenvalue weighted by atomic mass is 35.5. The molecule has 26 heavy (non-hydrogen) atoms. The van der Waals surface area contributed by atoms with Crippen LogP contribution in [0, 0.1) is 5.82 Å². The molecule has 0 aromatic heterocycles. The van der Waals surface area contributed by atoms with Crippen LogP contribution in [-0.2, 0) is 14.8 Å². The highest BCUT2D eigenvalue weighted by Crippen LogP contribution is 2.28. The molecule has 1 amide bonds. The number of hydrogen-bond donors (Lipinski definition) is 2. The monoisotopic (exact) mass is 401 g/mol. The third-order valence-electron chi connectivity index (χ3n) is 3.31. The number of sulfonamides is 1. The molecule has 0 spiro atoms. The van der Waals surface area contributed by atoms with Crippen LogP contribution in [0.15, 0.2) is 41.3 Å². The zero-order valence-corrected chi connectivity index (χ0v) is 15.6. The fourth-order valence-corrected chi connectivity index (χ4v) is 2.87. The maximum absolute atomic E-state index is 13.0. The summed E-state index contributed by atoms with van der Waals surface area (Å²) in [5.41, 5.74) is 0.825. The minimum absolute atomic E-state index is 0.0306. The van der Waals surface area contributed by atoms with Crippen molar-refractivity contribution in [2.45, 2.75) is 4.90 Å². The Hall–Kier alpha value is -2.36. The van der Waals surface area contributed by atoms with Gasteiger partial charge in [-0.05, 0) is 36.4 Å². The van der Waals surface area contributed by atoms with Crippen LogP contribution in [0.25, 0.3) is 0 Å². The zero-order valence-electron chi connectivity index (χ0n) is 14.0. The number of nitrogens with one attached hydrogen (secondary N) is 1. The normalized spacial score (nSPS) is 11.1. The Morgan fingerprint density at radius 3 is 2.54 bits per heavy atom. The molecule has 2 aromatic carbocycles. The molecule has 0 saturated heterocycles. The summed E-state index contributed by atoms with van der Waals surface area (Å²) in [6, 6.07) is 7.64. The topological polar surface area (TPSA) is 102 Å². The molecule has 0 heterocycles. The van der Waals surface area contributed by atoms with Gasteiger partial charge in [0.25, 0.3) is 5.91 Å². The van der Waals surface area contributed by atoms with E-state index >= 15 is 0 Å². The second-order valence-corrected chi connectivity index (χ2v) is 7.50. The summed E-state index contributed by atoms with van der Waals surface area (Å²) in [5, 5.41) is 7.72. The number of carbonyl (C=O) groups is 1. The van der Waals surface area contributed by atoms with Gasteiger partial charge in [0.2, 0.25) is 10.0 Å². The number of primary sulfonamides is 1. The second-order valence-electron chi connectivity index (χ2n) is 5.53. The van der Waals surface area contributed by atoms with Crippen LogP contribution in [-0.4, -0.2) is 35.0 Å². The Balaban J connectivity index is 2.16. The van der Waals surface area contributed by atoms with Gasteiger partial charge in [0.15, 0.2) is 6.61 Å². The van der Waals surface area contributed by atoms with Crippen LogP contribution >= 0.6 is 11.6 Å². The third-order valence-corrected chi connectivity index (χ3v) is 4.51. The van der Waals surface area contributed by atoms with Crippen molar-refractivity contribution < 1.29 is 22.3 Å². The molecule has 140 valence electrons. The van der Waals surface area contributed by atoms with Crippen molar-refractivity contribution in [3.63, 3.8) is 0 Å². The largest absolute Gasteiger partial charge is 0.482 e. The van der Waals surface area contributed by atoms with Gasteiger partial charge < -0.3 is 15.0 Å². The summed E-state index contributed by atoms with van der Waals surface area (Å²) < 4.78 is 41.3. The van der Waals surface area contributed by atoms with Crippen molar-refractivity contribution in [2.24, 2.45) is 5.14 Å². The number of nitrogens with zero attached hydrogens (tertiary/aromatic N) is 1. The van der Waals surface area contributed by atoms with Gasteiger partial charge in [-0.15, -0.1) is 0 Å². The van der Waals surface area contributed by atoms with Gasteiger partial charge in [0.05, 0.1) is 21.3 Å². The lowest BCUT2D eigenvalue weighted by atomic mass is 10.2. The molecule has 0 aliphatic rings. The predicted octanol–water partition coefficient (Wildman–Crippen LogP) is 2.21. The highest BCUT2D eigenvalue weighted by molar-refractivity contribution is 7.89. The van der Waals surface area contributed by atoms with Crippen LogP contribution < -0.4 is 20.1 Å². The van der Waals surface area contributed by atoms with Crippen molar-refractivity contribution in [1.29, 1.82) is 0 Å². The molecule has 7 nitrogen and oxygen atoms in total. The predicted molar refractivity (Wildman–Crippen MR) is 97.7 cm³/mol. The smallest absolute Gasteiger partial charge is 0.262 e. The molecule has 0 saturated carbocycles. The molecule has 0 fully saturated rings. The molecule has 0 unspecified atom stereocenters. The van der Waals surface area contributed by atoms with Gasteiger partial charge in [0.1, 0.15) is 11.6 Å². The van der Waals surface area contributed by atoms with Gasteiger partial charge in [-0.3, -0.25) is 4.79 Å². The van der Waals surface area contributed by atoms with Gasteiger partial charge >= 0.3 is 0 Å². The van der Waals surface area contributed by atoms with Crippen molar-refractivity contribution >= 4 is 38.9 Å². The van der Waals surface area contributed by atoms with Crippen molar-refractivity contribution in [2.75, 3.05) is 30.9 Å². The maximum atomic E-state index is 13.0. The average Bonchev–Trinajstić information content (AvgIpc) is 2.52. The van der Waals surface area contributed by atoms with E-state index in [4.69, 9.17) is 21.5 Å². The first-order chi connectivity index (χ1) is 12.1. The van der Waals surface area contributed by atoms with Crippen LogP contribution in [0.5, 0.6) is 5.75 Å². The van der Waals surface area contributed by atoms with Crippen LogP contribution in [0.4, 0.5) is 15.8 Å². The Kier molecular flexibility index (Phi) is 6.06. The second kappa shape index (κ2) is 7.90. The summed E-state index contributed by atoms with van der Waals surface area (Å²) in [4.78, 5) is 13.7. The number of ether oxygens (including phenoxy) is 1. The molecular formula is C16H17ClFN3O4S. The Morgan fingerprint density at radius 2 is 1.96 bits per heavy atom. The molecule has 0 bridgehead atoms. The summed E-state index contributed by atoms with van der Waals surface area (Å²) in [7, 11) is -0.458. The molecule has 10 heteroatoms. The van der Waals surface area contributed by atoms with Gasteiger partial charge in [0, 0.05) is 14.1 Å². The lowest BCUT2D eigenvalue weighted by molar-refractivity contribution is -0.118. The van der Waals surface area contributed by atoms with E-state index in [0.29, 0.717) is 5.69 Å². The molecule has 2 rings (SSSR count). The number of rotatable bonds is 6. The highest BCUT2D eigenvalue weighted by Gasteiger charge is 2.15. The van der Waals surface area contributed by atoms with E-state index in [1.807, 2.05) is 0 Å². The summed E-state index contributed by atoms with van der Waals surface area (Å²) in [5.74, 6) is -0.934. The molecule has 0 radical (unpaired) electrons. The first kappa shape index (κ1) is 20.0. The number of halogens is 2. The van der Waals surface area contributed by atoms with Crippen LogP contribution in [0.1, 0.15) is 0 Å². The fraction of sp³-hybridized carbons (Fsp3) is 0.188. The molecule has 0 aliphatic carbocycles. The quantitative estimate of drug-likeness (QED) is 0.772. The number of benzene rings is 2. The molecule has 0 atom stereocenters. The average molecular weight is 402 g/mol. The lowest BCUT2D eigenvalue weighted by Gasteiger charge is -2.19. The number of hydrogen-bond acceptors (Lipinski definition) is 5. The summed E-state index contributed by atoms with van der Waals surface area (Å²) in [6.07, 6.45) is 0. The van der Waals surface area contributed by atoms with E-state index in [-0.39, 0.29) is 21.4 Å². The standard InChI is InChI=1S/C16H17ClFN3O4S/c1-21(2)14-5-4-11(26(19,23)24)8-13(14)20-16(22)9-25-15-6-3-10(18)7-12(15)17/h3-8H,9H2,1-2H3,(H,20,22)(H2,19,23,24). The summed E-state index contributed by atoms with van der Waals surface area (Å²) >= 11 is 5.83. The number of anilines is 2. The summed E-state index contributed by atoms with van der Waals surface area (Å²) in [6.45, 7) is -0.405. The first-order valence-electron chi connectivity index (χ1n) is 7.30. The van der Waals surface area contributed by atoms with E-state index < -0.39 is 28.4 Å². The van der Waals surface area contributed by atoms with E-state index in [2.05, 4.69) is 5.32 Å². The van der Waals surface area contributed by atoms with E-state index in [1.165, 1.54) is 24.3 Å². The fourth-order valence-electron chi connectivity index (χ4n) is 2.10. The Labute approximate surface area is 155 Å². The van der Waals surface area contributed by atoms with Crippen molar-refractivity contribution in [1.82, 2.24) is 0 Å². The van der Waals surface area contributed by atoms with Crippen LogP contribution in [0.3, 0.4) is 0 Å². The van der Waals surface area contributed by atoms with Gasteiger partial charge in [-0.2, -0.15) is 0 Å². The molecular weight excluding hydrogens is 385 g/mol. The number of nitrogens with two attached hydrogens (primary N) is 1. The van der Waals surface area contributed by atoms with Gasteiger partial charge in [-0.25, -0.2) is 17.9 Å². The third kappa shape index (κ3) is 5.07. The minimum Gasteiger partial charge on any atom is -0.482 e. The molecule has 3 N–H and O–H groups in total. The van der Waals surface area contributed by atoms with Crippen molar-refractivity contribution in [3.8, 4) is 5.75 Å². The van der Waals surface area contributed by atoms with E-state index in [1.54, 1.807) is 19.0 Å². The first-order valence-corrected chi connectivity index (χ1v) is 9.22. The Morgan fingerprint density at radius 1 is 1.27 bits per heavy atom. The number of carbonyl (C=O) groups excluding carboxylic acids is 1. The van der Waals surface area contributed by atoms with Crippen molar-refractivity contribution in [3.05, 3.63) is 47.2 Å². The lowest BCUT2D eigenvalue weighted by Crippen LogP contribution is -2.23. The van der Waals surface area contributed by atoms with E-state index in [9.17, 15) is 17.6 Å². The maximum Gasteiger partial charge on any atom is 0.262 e. The SMILES string of the molecule is CN(C)c1ccc(S(N)(=O)=O)cc1NC(=O)COc1ccc(F)cc1Cl. The number of amides is 1. The zero-order chi connectivity index (χ0) is 19.5. The van der Waals surface area contributed by atoms with Gasteiger partial charge in [-0.1, -0.05) is 11.6 Å². The van der Waals surface area contributed by atoms with E-state index in [0.717, 1.165) is 12.1 Å². The minimum atomic E-state index is -3.92.